The number of hydrogen-bond donors (Lipinski definition) is 1. The fourth-order valence-electron chi connectivity index (χ4n) is 4.80. The van der Waals surface area contributed by atoms with Crippen LogP contribution in [0.3, 0.4) is 0 Å². The lowest BCUT2D eigenvalue weighted by atomic mass is 9.85. The number of pyridine rings is 1. The van der Waals surface area contributed by atoms with Gasteiger partial charge in [-0.25, -0.2) is 0 Å². The van der Waals surface area contributed by atoms with E-state index in [4.69, 9.17) is 21.4 Å². The van der Waals surface area contributed by atoms with E-state index in [0.29, 0.717) is 6.10 Å². The van der Waals surface area contributed by atoms with E-state index in [9.17, 15) is 0 Å². The Morgan fingerprint density at radius 2 is 1.89 bits per heavy atom. The van der Waals surface area contributed by atoms with E-state index in [1.807, 2.05) is 24.0 Å². The first kappa shape index (κ1) is 24.7. The number of aromatic nitrogens is 1. The maximum absolute atomic E-state index is 8.96. The highest BCUT2D eigenvalue weighted by Gasteiger charge is 2.45. The Labute approximate surface area is 218 Å². The maximum Gasteiger partial charge on any atom is 0.127 e. The summed E-state index contributed by atoms with van der Waals surface area (Å²) in [5.41, 5.74) is 5.18. The maximum atomic E-state index is 8.96. The molecule has 3 nitrogen and oxygen atoms in total. The molecule has 0 unspecified atom stereocenters. The molecule has 1 heterocycles. The molecule has 0 atom stereocenters. The van der Waals surface area contributed by atoms with E-state index in [2.05, 4.69) is 53.6 Å². The first-order valence-corrected chi connectivity index (χ1v) is 14.3. The largest absolute Gasteiger partial charge is 0.490 e. The van der Waals surface area contributed by atoms with Crippen molar-refractivity contribution in [2.45, 2.75) is 74.2 Å². The van der Waals surface area contributed by atoms with Gasteiger partial charge in [0.15, 0.2) is 0 Å². The van der Waals surface area contributed by atoms with Crippen LogP contribution < -0.4 is 4.74 Å². The predicted molar refractivity (Wildman–Crippen MR) is 146 cm³/mol. The van der Waals surface area contributed by atoms with Crippen molar-refractivity contribution in [3.63, 3.8) is 0 Å². The van der Waals surface area contributed by atoms with E-state index < -0.39 is 0 Å². The van der Waals surface area contributed by atoms with Gasteiger partial charge in [0.25, 0.3) is 0 Å². The number of nitrogens with zero attached hydrogens (tertiary/aromatic N) is 1. The van der Waals surface area contributed by atoms with Gasteiger partial charge in [-0.15, -0.1) is 11.8 Å². The van der Waals surface area contributed by atoms with Crippen molar-refractivity contribution in [1.29, 1.82) is 0 Å². The van der Waals surface area contributed by atoms with Crippen LogP contribution in [-0.2, 0) is 11.8 Å². The molecule has 0 aliphatic heterocycles. The Kier molecular flexibility index (Phi) is 8.01. The number of thioether (sulfide) groups is 1. The number of benzene rings is 2. The van der Waals surface area contributed by atoms with Crippen molar-refractivity contribution in [3.8, 4) is 16.9 Å². The molecular formula is C30H34ClNO2S. The minimum absolute atomic E-state index is 0.160. The predicted octanol–water partition coefficient (Wildman–Crippen LogP) is 7.86. The molecule has 2 aliphatic carbocycles. The molecule has 184 valence electrons. The summed E-state index contributed by atoms with van der Waals surface area (Å²) in [7, 11) is 0. The van der Waals surface area contributed by atoms with Gasteiger partial charge < -0.3 is 9.84 Å². The highest BCUT2D eigenvalue weighted by molar-refractivity contribution is 7.99. The Balaban J connectivity index is 1.31. The summed E-state index contributed by atoms with van der Waals surface area (Å²) in [5, 5.41) is 9.82. The van der Waals surface area contributed by atoms with Crippen LogP contribution in [0.4, 0.5) is 0 Å². The average molecular weight is 508 g/mol. The van der Waals surface area contributed by atoms with Crippen LogP contribution >= 0.6 is 23.4 Å². The molecule has 2 saturated carbocycles. The molecule has 0 spiro atoms. The molecule has 0 bridgehead atoms. The van der Waals surface area contributed by atoms with Crippen molar-refractivity contribution >= 4 is 23.4 Å². The third kappa shape index (κ3) is 6.22. The lowest BCUT2D eigenvalue weighted by Crippen LogP contribution is -2.11. The van der Waals surface area contributed by atoms with Gasteiger partial charge in [0, 0.05) is 34.5 Å². The van der Waals surface area contributed by atoms with E-state index in [1.165, 1.54) is 40.0 Å². The number of aliphatic hydroxyl groups is 1. The van der Waals surface area contributed by atoms with Gasteiger partial charge in [-0.05, 0) is 110 Å². The van der Waals surface area contributed by atoms with Crippen LogP contribution in [0.5, 0.6) is 5.75 Å². The second kappa shape index (κ2) is 11.4. The van der Waals surface area contributed by atoms with Crippen molar-refractivity contribution in [2.24, 2.45) is 0 Å². The number of para-hydroxylation sites is 1. The molecule has 2 fully saturated rings. The molecule has 0 saturated heterocycles. The smallest absolute Gasteiger partial charge is 0.127 e. The number of hydrogen-bond acceptors (Lipinski definition) is 4. The van der Waals surface area contributed by atoms with Gasteiger partial charge in [0.1, 0.15) is 5.75 Å². The zero-order valence-corrected chi connectivity index (χ0v) is 21.8. The summed E-state index contributed by atoms with van der Waals surface area (Å²) >= 11 is 8.52. The van der Waals surface area contributed by atoms with Gasteiger partial charge in [-0.1, -0.05) is 36.2 Å². The number of ether oxygens (including phenoxy) is 1. The van der Waals surface area contributed by atoms with Crippen molar-refractivity contribution in [3.05, 3.63) is 77.1 Å². The quantitative estimate of drug-likeness (QED) is 0.189. The molecule has 2 aliphatic rings. The Morgan fingerprint density at radius 3 is 2.69 bits per heavy atom. The van der Waals surface area contributed by atoms with Gasteiger partial charge in [-0.3, -0.25) is 4.98 Å². The molecule has 1 N–H and O–H groups in total. The average Bonchev–Trinajstić information content (AvgIpc) is 3.82. The molecule has 0 radical (unpaired) electrons. The molecule has 3 aromatic rings. The summed E-state index contributed by atoms with van der Waals surface area (Å²) in [6.07, 6.45) is 14.2. The molecule has 2 aromatic carbocycles. The number of rotatable bonds is 13. The zero-order chi connectivity index (χ0) is 24.1. The lowest BCUT2D eigenvalue weighted by Gasteiger charge is -2.21. The fourth-order valence-corrected chi connectivity index (χ4v) is 5.99. The number of aryl methyl sites for hydroxylation is 1. The second-order valence-electron chi connectivity index (χ2n) is 9.90. The summed E-state index contributed by atoms with van der Waals surface area (Å²) in [4.78, 5) is 5.82. The van der Waals surface area contributed by atoms with Crippen LogP contribution in [0.1, 0.15) is 62.5 Å². The standard InChI is InChI=1S/C30H34ClNO2S/c31-28-11-10-24(35-19-5-1-4-18-33)20-22(28)12-14-30(15-16-30)27-21-32-17-13-25(27)26-6-2-3-7-29(26)34-23-8-9-23/h2-3,6-7,10-11,13,17,20-21,23,33H,1,4-5,8-9,12,14-16,18-19H2. The third-order valence-corrected chi connectivity index (χ3v) is 8.65. The number of halogens is 1. The highest BCUT2D eigenvalue weighted by atomic mass is 35.5. The van der Waals surface area contributed by atoms with Crippen LogP contribution in [0.2, 0.25) is 5.02 Å². The lowest BCUT2D eigenvalue weighted by molar-refractivity contribution is 0.284. The monoisotopic (exact) mass is 507 g/mol. The fraction of sp³-hybridized carbons (Fsp3) is 0.433. The van der Waals surface area contributed by atoms with Gasteiger partial charge >= 0.3 is 0 Å². The van der Waals surface area contributed by atoms with Gasteiger partial charge in [0.2, 0.25) is 0 Å². The summed E-state index contributed by atoms with van der Waals surface area (Å²) in [5.74, 6) is 2.07. The van der Waals surface area contributed by atoms with Crippen molar-refractivity contribution < 1.29 is 9.84 Å². The van der Waals surface area contributed by atoms with E-state index in [-0.39, 0.29) is 12.0 Å². The van der Waals surface area contributed by atoms with Crippen molar-refractivity contribution in [1.82, 2.24) is 4.98 Å². The van der Waals surface area contributed by atoms with Crippen LogP contribution in [-0.4, -0.2) is 28.6 Å². The van der Waals surface area contributed by atoms with Crippen molar-refractivity contribution in [2.75, 3.05) is 12.4 Å². The SMILES string of the molecule is OCCCCCSc1ccc(Cl)c(CCC2(c3cnccc3-c3ccccc3OC3CC3)CC2)c1. The molecule has 5 heteroatoms. The van der Waals surface area contributed by atoms with E-state index in [0.717, 1.165) is 61.5 Å². The summed E-state index contributed by atoms with van der Waals surface area (Å²) < 4.78 is 6.26. The van der Waals surface area contributed by atoms with Crippen LogP contribution in [0.15, 0.2) is 65.8 Å². The minimum Gasteiger partial charge on any atom is -0.490 e. The Morgan fingerprint density at radius 1 is 1.03 bits per heavy atom. The second-order valence-corrected chi connectivity index (χ2v) is 11.5. The molecular weight excluding hydrogens is 474 g/mol. The van der Waals surface area contributed by atoms with E-state index >= 15 is 0 Å². The first-order valence-electron chi connectivity index (χ1n) is 12.9. The Bertz CT molecular complexity index is 1140. The summed E-state index contributed by atoms with van der Waals surface area (Å²) in [6, 6.07) is 17.1. The number of aliphatic hydroxyl groups excluding tert-OH is 1. The molecule has 5 rings (SSSR count). The zero-order valence-electron chi connectivity index (χ0n) is 20.2. The molecule has 35 heavy (non-hydrogen) atoms. The molecule has 1 aromatic heterocycles. The van der Waals surface area contributed by atoms with E-state index in [1.54, 1.807) is 0 Å². The minimum atomic E-state index is 0.160. The first-order chi connectivity index (χ1) is 17.2. The highest BCUT2D eigenvalue weighted by Crippen LogP contribution is 2.55. The normalized spacial score (nSPS) is 16.3. The van der Waals surface area contributed by atoms with Crippen LogP contribution in [0, 0.1) is 0 Å². The Hall–Kier alpha value is -2.01. The van der Waals surface area contributed by atoms with Gasteiger partial charge in [0.05, 0.1) is 6.10 Å². The topological polar surface area (TPSA) is 42.4 Å². The number of unbranched alkanes of at least 4 members (excludes halogenated alkanes) is 2. The third-order valence-electron chi connectivity index (χ3n) is 7.20. The van der Waals surface area contributed by atoms with Gasteiger partial charge in [-0.2, -0.15) is 0 Å². The summed E-state index contributed by atoms with van der Waals surface area (Å²) in [6.45, 7) is 0.287. The van der Waals surface area contributed by atoms with Crippen LogP contribution in [0.25, 0.3) is 11.1 Å². The molecule has 0 amide bonds.